The second-order valence-corrected chi connectivity index (χ2v) is 3.44. The number of nitro groups is 1. The minimum Gasteiger partial charge on any atom is -0.463 e. The average molecular weight is 263 g/mol. The molecule has 1 heterocycles. The summed E-state index contributed by atoms with van der Waals surface area (Å²) < 4.78 is 14.8. The van der Waals surface area contributed by atoms with Gasteiger partial charge in [0.05, 0.1) is 12.0 Å². The summed E-state index contributed by atoms with van der Waals surface area (Å²) in [6, 6.07) is 8.58. The van der Waals surface area contributed by atoms with E-state index < -0.39 is 10.9 Å². The molecular formula is C12H9NO6. The first kappa shape index (κ1) is 12.6. The summed E-state index contributed by atoms with van der Waals surface area (Å²) in [5.74, 6) is -0.707. The normalized spacial score (nSPS) is 9.95. The van der Waals surface area contributed by atoms with Gasteiger partial charge in [-0.2, -0.15) is 0 Å². The van der Waals surface area contributed by atoms with Crippen molar-refractivity contribution in [3.63, 3.8) is 0 Å². The number of furan rings is 1. The van der Waals surface area contributed by atoms with Crippen LogP contribution in [-0.4, -0.2) is 18.0 Å². The maximum atomic E-state index is 11.2. The molecular weight excluding hydrogens is 254 g/mol. The molecule has 0 N–H and O–H groups in total. The Balaban J connectivity index is 2.24. The number of hydrogen-bond acceptors (Lipinski definition) is 6. The van der Waals surface area contributed by atoms with Crippen molar-refractivity contribution in [2.45, 2.75) is 0 Å². The number of nitro benzene ring substituents is 1. The van der Waals surface area contributed by atoms with Crippen molar-refractivity contribution in [2.75, 3.05) is 7.11 Å². The highest BCUT2D eigenvalue weighted by Crippen LogP contribution is 2.31. The van der Waals surface area contributed by atoms with Crippen molar-refractivity contribution in [1.82, 2.24) is 0 Å². The SMILES string of the molecule is COC(=O)c1ccc(Oc2ccccc2[N+](=O)[O-])o1. The molecule has 7 heteroatoms. The molecule has 7 nitrogen and oxygen atoms in total. The predicted octanol–water partition coefficient (Wildman–Crippen LogP) is 2.77. The number of para-hydroxylation sites is 2. The van der Waals surface area contributed by atoms with Crippen LogP contribution in [0, 0.1) is 10.1 Å². The third kappa shape index (κ3) is 2.71. The van der Waals surface area contributed by atoms with Gasteiger partial charge in [0.1, 0.15) is 0 Å². The van der Waals surface area contributed by atoms with Crippen LogP contribution in [0.2, 0.25) is 0 Å². The molecule has 0 saturated carbocycles. The zero-order valence-corrected chi connectivity index (χ0v) is 9.86. The summed E-state index contributed by atoms with van der Waals surface area (Å²) in [4.78, 5) is 21.4. The number of nitrogens with zero attached hydrogens (tertiary/aromatic N) is 1. The molecule has 0 amide bonds. The maximum Gasteiger partial charge on any atom is 0.374 e. The smallest absolute Gasteiger partial charge is 0.374 e. The molecule has 0 atom stereocenters. The van der Waals surface area contributed by atoms with E-state index >= 15 is 0 Å². The van der Waals surface area contributed by atoms with Gasteiger partial charge < -0.3 is 13.9 Å². The van der Waals surface area contributed by atoms with Crippen LogP contribution < -0.4 is 4.74 Å². The highest BCUT2D eigenvalue weighted by atomic mass is 16.6. The Hall–Kier alpha value is -2.83. The largest absolute Gasteiger partial charge is 0.463 e. The van der Waals surface area contributed by atoms with E-state index in [1.165, 1.54) is 37.4 Å². The standard InChI is InChI=1S/C12H9NO6/c1-17-12(14)10-6-7-11(19-10)18-9-5-3-2-4-8(9)13(15)16/h2-7H,1H3. The van der Waals surface area contributed by atoms with Crippen molar-refractivity contribution in [3.8, 4) is 11.7 Å². The summed E-state index contributed by atoms with van der Waals surface area (Å²) in [7, 11) is 1.22. The van der Waals surface area contributed by atoms with Crippen LogP contribution in [0.5, 0.6) is 11.7 Å². The van der Waals surface area contributed by atoms with Crippen LogP contribution in [0.1, 0.15) is 10.6 Å². The number of rotatable bonds is 4. The molecule has 0 bridgehead atoms. The van der Waals surface area contributed by atoms with E-state index in [0.29, 0.717) is 0 Å². The summed E-state index contributed by atoms with van der Waals surface area (Å²) >= 11 is 0. The molecule has 0 fully saturated rings. The number of hydrogen-bond donors (Lipinski definition) is 0. The highest BCUT2D eigenvalue weighted by molar-refractivity contribution is 5.86. The Bertz CT molecular complexity index is 618. The van der Waals surface area contributed by atoms with Gasteiger partial charge in [-0.25, -0.2) is 4.79 Å². The lowest BCUT2D eigenvalue weighted by Crippen LogP contribution is -1.98. The summed E-state index contributed by atoms with van der Waals surface area (Å²) in [6.07, 6.45) is 0. The predicted molar refractivity (Wildman–Crippen MR) is 63.2 cm³/mol. The van der Waals surface area contributed by atoms with Gasteiger partial charge in [0, 0.05) is 12.1 Å². The Kier molecular flexibility index (Phi) is 3.46. The van der Waals surface area contributed by atoms with Gasteiger partial charge in [0.2, 0.25) is 11.5 Å². The van der Waals surface area contributed by atoms with Crippen molar-refractivity contribution in [2.24, 2.45) is 0 Å². The number of methoxy groups -OCH3 is 1. The van der Waals surface area contributed by atoms with Crippen LogP contribution in [0.4, 0.5) is 5.69 Å². The lowest BCUT2D eigenvalue weighted by Gasteiger charge is -2.02. The van der Waals surface area contributed by atoms with Gasteiger partial charge in [-0.15, -0.1) is 0 Å². The van der Waals surface area contributed by atoms with Crippen molar-refractivity contribution in [3.05, 3.63) is 52.3 Å². The van der Waals surface area contributed by atoms with E-state index in [-0.39, 0.29) is 23.1 Å². The highest BCUT2D eigenvalue weighted by Gasteiger charge is 2.17. The van der Waals surface area contributed by atoms with Gasteiger partial charge in [-0.1, -0.05) is 12.1 Å². The Labute approximate surface area is 107 Å². The van der Waals surface area contributed by atoms with E-state index in [4.69, 9.17) is 9.15 Å². The number of carbonyl (C=O) groups is 1. The fourth-order valence-corrected chi connectivity index (χ4v) is 1.39. The summed E-state index contributed by atoms with van der Waals surface area (Å²) in [5, 5.41) is 10.8. The Morgan fingerprint density at radius 2 is 2.00 bits per heavy atom. The second-order valence-electron chi connectivity index (χ2n) is 3.44. The van der Waals surface area contributed by atoms with Gasteiger partial charge >= 0.3 is 11.7 Å². The first-order valence-corrected chi connectivity index (χ1v) is 5.21. The Morgan fingerprint density at radius 1 is 1.26 bits per heavy atom. The molecule has 0 aliphatic rings. The monoisotopic (exact) mass is 263 g/mol. The molecule has 0 unspecified atom stereocenters. The molecule has 2 aromatic rings. The fourth-order valence-electron chi connectivity index (χ4n) is 1.39. The third-order valence-electron chi connectivity index (χ3n) is 2.24. The zero-order chi connectivity index (χ0) is 13.8. The van der Waals surface area contributed by atoms with Gasteiger partial charge in [-0.3, -0.25) is 10.1 Å². The quantitative estimate of drug-likeness (QED) is 0.478. The zero-order valence-electron chi connectivity index (χ0n) is 9.86. The lowest BCUT2D eigenvalue weighted by atomic mass is 10.3. The van der Waals surface area contributed by atoms with Crippen LogP contribution in [0.3, 0.4) is 0 Å². The van der Waals surface area contributed by atoms with Gasteiger partial charge in [0.25, 0.3) is 5.95 Å². The second kappa shape index (κ2) is 5.21. The van der Waals surface area contributed by atoms with E-state index in [2.05, 4.69) is 4.74 Å². The van der Waals surface area contributed by atoms with Crippen LogP contribution in [-0.2, 0) is 4.74 Å². The van der Waals surface area contributed by atoms with Crippen LogP contribution in [0.15, 0.2) is 40.8 Å². The molecule has 0 saturated heterocycles. The number of ether oxygens (including phenoxy) is 2. The van der Waals surface area contributed by atoms with Gasteiger partial charge in [-0.05, 0) is 12.1 Å². The van der Waals surface area contributed by atoms with Crippen LogP contribution >= 0.6 is 0 Å². The minimum absolute atomic E-state index is 0.0262. The van der Waals surface area contributed by atoms with E-state index in [1.807, 2.05) is 0 Å². The summed E-state index contributed by atoms with van der Waals surface area (Å²) in [6.45, 7) is 0. The number of carbonyl (C=O) groups excluding carboxylic acids is 1. The first-order valence-electron chi connectivity index (χ1n) is 5.21. The van der Waals surface area contributed by atoms with Crippen molar-refractivity contribution < 1.29 is 23.6 Å². The van der Waals surface area contributed by atoms with Crippen molar-refractivity contribution >= 4 is 11.7 Å². The Morgan fingerprint density at radius 3 is 2.68 bits per heavy atom. The molecule has 0 radical (unpaired) electrons. The molecule has 0 aliphatic heterocycles. The number of benzene rings is 1. The molecule has 2 rings (SSSR count). The minimum atomic E-state index is -0.655. The molecule has 0 aliphatic carbocycles. The number of esters is 1. The van der Waals surface area contributed by atoms with E-state index in [1.54, 1.807) is 6.07 Å². The molecule has 1 aromatic heterocycles. The average Bonchev–Trinajstić information content (AvgIpc) is 2.86. The maximum absolute atomic E-state index is 11.2. The topological polar surface area (TPSA) is 91.8 Å². The van der Waals surface area contributed by atoms with Crippen LogP contribution in [0.25, 0.3) is 0 Å². The molecule has 0 spiro atoms. The molecule has 1 aromatic carbocycles. The molecule has 98 valence electrons. The first-order chi connectivity index (χ1) is 9.11. The van der Waals surface area contributed by atoms with Gasteiger partial charge in [0.15, 0.2) is 0 Å². The third-order valence-corrected chi connectivity index (χ3v) is 2.24. The van der Waals surface area contributed by atoms with E-state index in [9.17, 15) is 14.9 Å². The lowest BCUT2D eigenvalue weighted by molar-refractivity contribution is -0.385. The summed E-state index contributed by atoms with van der Waals surface area (Å²) in [5.41, 5.74) is -0.196. The fraction of sp³-hybridized carbons (Fsp3) is 0.0833. The van der Waals surface area contributed by atoms with Crippen molar-refractivity contribution in [1.29, 1.82) is 0 Å². The van der Waals surface area contributed by atoms with E-state index in [0.717, 1.165) is 0 Å². The molecule has 19 heavy (non-hydrogen) atoms.